The van der Waals surface area contributed by atoms with Crippen molar-refractivity contribution >= 4 is 0 Å². The van der Waals surface area contributed by atoms with Gasteiger partial charge in [-0.3, -0.25) is 0 Å². The minimum atomic E-state index is -0.560. The maximum Gasteiger partial charge on any atom is 0.118 e. The Morgan fingerprint density at radius 1 is 1.00 bits per heavy atom. The van der Waals surface area contributed by atoms with E-state index in [1.165, 1.54) is 0 Å². The maximum atomic E-state index is 9.88. The predicted octanol–water partition coefficient (Wildman–Crippen LogP) is 3.33. The van der Waals surface area contributed by atoms with E-state index >= 15 is 0 Å². The summed E-state index contributed by atoms with van der Waals surface area (Å²) in [5.74, 6) is 0.823. The molecule has 0 saturated carbocycles. The van der Waals surface area contributed by atoms with Crippen LogP contribution in [0.1, 0.15) is 24.2 Å². The number of hydrogen-bond donors (Lipinski definition) is 1. The van der Waals surface area contributed by atoms with Gasteiger partial charge in [-0.15, -0.1) is 0 Å². The van der Waals surface area contributed by atoms with Gasteiger partial charge in [0.1, 0.15) is 11.9 Å². The van der Waals surface area contributed by atoms with E-state index in [9.17, 15) is 5.11 Å². The van der Waals surface area contributed by atoms with Crippen molar-refractivity contribution in [3.05, 3.63) is 65.7 Å². The number of rotatable bonds is 6. The fourth-order valence-electron chi connectivity index (χ4n) is 2.06. The third-order valence-electron chi connectivity index (χ3n) is 3.15. The van der Waals surface area contributed by atoms with Crippen LogP contribution in [0.3, 0.4) is 0 Å². The third kappa shape index (κ3) is 3.83. The highest BCUT2D eigenvalue weighted by Crippen LogP contribution is 2.23. The maximum absolute atomic E-state index is 9.88. The topological polar surface area (TPSA) is 38.7 Å². The van der Waals surface area contributed by atoms with Gasteiger partial charge in [0.15, 0.2) is 0 Å². The molecule has 2 aromatic carbocycles. The molecule has 3 heteroatoms. The second-order valence-corrected chi connectivity index (χ2v) is 4.73. The van der Waals surface area contributed by atoms with E-state index in [4.69, 9.17) is 9.47 Å². The highest BCUT2D eigenvalue weighted by molar-refractivity contribution is 5.27. The van der Waals surface area contributed by atoms with E-state index in [1.807, 2.05) is 54.6 Å². The van der Waals surface area contributed by atoms with E-state index in [1.54, 1.807) is 14.0 Å². The molecule has 0 aliphatic rings. The molecular formula is C17H20O3. The van der Waals surface area contributed by atoms with Crippen LogP contribution in [0.4, 0.5) is 0 Å². The molecule has 3 nitrogen and oxygen atoms in total. The molecule has 0 spiro atoms. The van der Waals surface area contributed by atoms with Crippen LogP contribution in [-0.4, -0.2) is 18.3 Å². The van der Waals surface area contributed by atoms with Crippen LogP contribution in [0.5, 0.6) is 5.75 Å². The molecule has 0 radical (unpaired) electrons. The average Bonchev–Trinajstić information content (AvgIpc) is 2.49. The molecule has 2 aromatic rings. The molecule has 2 atom stereocenters. The van der Waals surface area contributed by atoms with Gasteiger partial charge in [0, 0.05) is 0 Å². The van der Waals surface area contributed by atoms with Gasteiger partial charge in [-0.05, 0) is 30.2 Å². The first-order chi connectivity index (χ1) is 9.70. The fourth-order valence-corrected chi connectivity index (χ4v) is 2.06. The molecule has 0 heterocycles. The molecule has 0 saturated heterocycles. The fraction of sp³-hybridized carbons (Fsp3) is 0.294. The highest BCUT2D eigenvalue weighted by atomic mass is 16.5. The van der Waals surface area contributed by atoms with Crippen LogP contribution in [-0.2, 0) is 11.3 Å². The SMILES string of the molecule is COc1ccc(COC(c2ccccc2)C(C)O)cc1. The summed E-state index contributed by atoms with van der Waals surface area (Å²) in [6.45, 7) is 2.19. The highest BCUT2D eigenvalue weighted by Gasteiger charge is 2.17. The molecule has 2 rings (SSSR count). The van der Waals surface area contributed by atoms with E-state index in [2.05, 4.69) is 0 Å². The molecule has 0 fully saturated rings. The lowest BCUT2D eigenvalue weighted by atomic mass is 10.1. The Kier molecular flexibility index (Phi) is 5.16. The summed E-state index contributed by atoms with van der Waals surface area (Å²) in [6, 6.07) is 17.5. The summed E-state index contributed by atoms with van der Waals surface area (Å²) in [5.41, 5.74) is 2.03. The molecule has 20 heavy (non-hydrogen) atoms. The molecule has 1 N–H and O–H groups in total. The quantitative estimate of drug-likeness (QED) is 0.876. The Morgan fingerprint density at radius 3 is 2.20 bits per heavy atom. The summed E-state index contributed by atoms with van der Waals surface area (Å²) in [7, 11) is 1.64. The van der Waals surface area contributed by atoms with Gasteiger partial charge < -0.3 is 14.6 Å². The Morgan fingerprint density at radius 2 is 1.65 bits per heavy atom. The van der Waals surface area contributed by atoms with Crippen molar-refractivity contribution in [2.45, 2.75) is 25.7 Å². The molecule has 0 aromatic heterocycles. The molecule has 0 bridgehead atoms. The van der Waals surface area contributed by atoms with E-state index in [-0.39, 0.29) is 6.10 Å². The number of benzene rings is 2. The van der Waals surface area contributed by atoms with E-state index < -0.39 is 6.10 Å². The zero-order valence-electron chi connectivity index (χ0n) is 11.8. The summed E-state index contributed by atoms with van der Waals surface area (Å²) in [5, 5.41) is 9.88. The summed E-state index contributed by atoms with van der Waals surface area (Å²) in [6.07, 6.45) is -0.881. The van der Waals surface area contributed by atoms with Crippen LogP contribution >= 0.6 is 0 Å². The van der Waals surface area contributed by atoms with Gasteiger partial charge in [0.25, 0.3) is 0 Å². The standard InChI is InChI=1S/C17H20O3/c1-13(18)17(15-6-4-3-5-7-15)20-12-14-8-10-16(19-2)11-9-14/h3-11,13,17-18H,12H2,1-2H3. The second-order valence-electron chi connectivity index (χ2n) is 4.73. The van der Waals surface area contributed by atoms with Crippen molar-refractivity contribution in [3.63, 3.8) is 0 Å². The van der Waals surface area contributed by atoms with Gasteiger partial charge in [-0.25, -0.2) is 0 Å². The van der Waals surface area contributed by atoms with Crippen molar-refractivity contribution in [2.75, 3.05) is 7.11 Å². The number of ether oxygens (including phenoxy) is 2. The van der Waals surface area contributed by atoms with Gasteiger partial charge in [-0.2, -0.15) is 0 Å². The van der Waals surface area contributed by atoms with Crippen molar-refractivity contribution in [1.82, 2.24) is 0 Å². The average molecular weight is 272 g/mol. The van der Waals surface area contributed by atoms with Gasteiger partial charge in [-0.1, -0.05) is 42.5 Å². The van der Waals surface area contributed by atoms with Crippen LogP contribution in [0.15, 0.2) is 54.6 Å². The Balaban J connectivity index is 2.02. The van der Waals surface area contributed by atoms with Gasteiger partial charge >= 0.3 is 0 Å². The Hall–Kier alpha value is -1.84. The molecule has 0 amide bonds. The van der Waals surface area contributed by atoms with E-state index in [0.717, 1.165) is 16.9 Å². The molecule has 0 aliphatic heterocycles. The molecular weight excluding hydrogens is 252 g/mol. The normalized spacial score (nSPS) is 13.8. The van der Waals surface area contributed by atoms with Gasteiger partial charge in [0.2, 0.25) is 0 Å². The van der Waals surface area contributed by atoms with Crippen LogP contribution < -0.4 is 4.74 Å². The second kappa shape index (κ2) is 7.08. The first-order valence-corrected chi connectivity index (χ1v) is 6.68. The van der Waals surface area contributed by atoms with Crippen molar-refractivity contribution in [2.24, 2.45) is 0 Å². The lowest BCUT2D eigenvalue weighted by Gasteiger charge is -2.21. The Bertz CT molecular complexity index is 506. The zero-order chi connectivity index (χ0) is 14.4. The minimum Gasteiger partial charge on any atom is -0.497 e. The number of aliphatic hydroxyl groups excluding tert-OH is 1. The number of hydrogen-bond acceptors (Lipinski definition) is 3. The van der Waals surface area contributed by atoms with Crippen molar-refractivity contribution in [3.8, 4) is 5.75 Å². The molecule has 106 valence electrons. The smallest absolute Gasteiger partial charge is 0.118 e. The first kappa shape index (κ1) is 14.6. The predicted molar refractivity (Wildman–Crippen MR) is 78.6 cm³/mol. The molecule has 0 aliphatic carbocycles. The number of aliphatic hydroxyl groups is 1. The minimum absolute atomic E-state index is 0.321. The van der Waals surface area contributed by atoms with Crippen molar-refractivity contribution in [1.29, 1.82) is 0 Å². The monoisotopic (exact) mass is 272 g/mol. The van der Waals surface area contributed by atoms with Crippen LogP contribution in [0.2, 0.25) is 0 Å². The Labute approximate surface area is 119 Å². The van der Waals surface area contributed by atoms with Crippen LogP contribution in [0, 0.1) is 0 Å². The number of methoxy groups -OCH3 is 1. The largest absolute Gasteiger partial charge is 0.497 e. The van der Waals surface area contributed by atoms with Crippen molar-refractivity contribution < 1.29 is 14.6 Å². The zero-order valence-corrected chi connectivity index (χ0v) is 11.8. The first-order valence-electron chi connectivity index (χ1n) is 6.68. The van der Waals surface area contributed by atoms with Gasteiger partial charge in [0.05, 0.1) is 19.8 Å². The van der Waals surface area contributed by atoms with E-state index in [0.29, 0.717) is 6.61 Å². The summed E-state index contributed by atoms with van der Waals surface area (Å²) < 4.78 is 11.0. The summed E-state index contributed by atoms with van der Waals surface area (Å²) >= 11 is 0. The summed E-state index contributed by atoms with van der Waals surface area (Å²) in [4.78, 5) is 0. The third-order valence-corrected chi connectivity index (χ3v) is 3.15. The lowest BCUT2D eigenvalue weighted by Crippen LogP contribution is -2.17. The van der Waals surface area contributed by atoms with Crippen LogP contribution in [0.25, 0.3) is 0 Å². The lowest BCUT2D eigenvalue weighted by molar-refractivity contribution is -0.0401. The molecule has 2 unspecified atom stereocenters.